The summed E-state index contributed by atoms with van der Waals surface area (Å²) in [6.45, 7) is 0. The van der Waals surface area contributed by atoms with Gasteiger partial charge in [0.15, 0.2) is 0 Å². The molecule has 0 saturated heterocycles. The Morgan fingerprint density at radius 2 is 1.13 bits per heavy atom. The monoisotopic (exact) mass is 776 g/mol. The summed E-state index contributed by atoms with van der Waals surface area (Å²) in [4.78, 5) is 0. The fourth-order valence-electron chi connectivity index (χ4n) is 9.09. The molecule has 6 heteroatoms. The normalized spacial score (nSPS) is 24.3. The third-order valence-electron chi connectivity index (χ3n) is 11.4. The van der Waals surface area contributed by atoms with E-state index in [-0.39, 0.29) is 15.8 Å². The van der Waals surface area contributed by atoms with Crippen LogP contribution >= 0.6 is 35.2 Å². The summed E-state index contributed by atoms with van der Waals surface area (Å²) in [7, 11) is 10.6. The predicted molar refractivity (Wildman–Crippen MR) is 206 cm³/mol. The Bertz CT molecular complexity index is 1070. The van der Waals surface area contributed by atoms with E-state index in [0.29, 0.717) is 6.04 Å². The van der Waals surface area contributed by atoms with Gasteiger partial charge in [-0.1, -0.05) is 50.0 Å². The Morgan fingerprint density at radius 3 is 1.60 bits per heavy atom. The first-order chi connectivity index (χ1) is 22.2. The van der Waals surface area contributed by atoms with Crippen molar-refractivity contribution in [2.75, 3.05) is 12.3 Å². The molecule has 0 radical (unpaired) electrons. The van der Waals surface area contributed by atoms with Crippen LogP contribution in [0.15, 0.2) is 54.3 Å². The first-order valence-corrected chi connectivity index (χ1v) is 27.7. The molecule has 5 aliphatic rings. The van der Waals surface area contributed by atoms with Crippen molar-refractivity contribution in [1.29, 1.82) is 0 Å². The summed E-state index contributed by atoms with van der Waals surface area (Å²) in [6.07, 6.45) is 42.6. The molecule has 0 spiro atoms. The first kappa shape index (κ1) is 36.5. The third-order valence-corrected chi connectivity index (χ3v) is 21.1. The molecule has 1 aromatic rings. The van der Waals surface area contributed by atoms with Gasteiger partial charge < -0.3 is 5.32 Å². The van der Waals surface area contributed by atoms with Crippen LogP contribution in [0.1, 0.15) is 134 Å². The molecule has 0 aromatic heterocycles. The van der Waals surface area contributed by atoms with Crippen molar-refractivity contribution >= 4 is 45.6 Å². The standard InChI is InChI=1S/C31H52NP2.C8H6.2ClH.Ru/c1-5-16-28(17-6-1)33(29-18-7-2-8-19-29)24-26-14-13-15-27(32-26)25-34(30-20-9-3-10-21-30)31-22-11-4-12-23-31;1-2-8-6-4-3-5-7-8;;;/h13-15,26,28-31H,1-12,16-25H2;2-7H;2*1H;/q-1;;;;+2. The number of benzene rings is 1. The topological polar surface area (TPSA) is 14.1 Å². The Kier molecular flexibility index (Phi) is 16.8. The molecule has 4 saturated carbocycles. The van der Waals surface area contributed by atoms with Gasteiger partial charge in [-0.3, -0.25) is 0 Å². The molecule has 45 heavy (non-hydrogen) atoms. The Labute approximate surface area is 291 Å². The van der Waals surface area contributed by atoms with E-state index in [1.165, 1.54) is 95.1 Å². The quantitative estimate of drug-likeness (QED) is 0.175. The van der Waals surface area contributed by atoms with Crippen molar-refractivity contribution in [3.63, 3.8) is 0 Å². The van der Waals surface area contributed by atoms with Crippen LogP contribution in [0.25, 0.3) is 11.4 Å². The molecular formula is C39H60Cl2NP2Ru+. The van der Waals surface area contributed by atoms with Gasteiger partial charge in [0.1, 0.15) is 0 Å². The molecular weight excluding hydrogens is 716 g/mol. The average molecular weight is 777 g/mol. The van der Waals surface area contributed by atoms with Gasteiger partial charge in [0.2, 0.25) is 0 Å². The molecule has 0 amide bonds. The van der Waals surface area contributed by atoms with Crippen molar-refractivity contribution in [2.24, 2.45) is 0 Å². The van der Waals surface area contributed by atoms with Crippen LogP contribution in [0.2, 0.25) is 0 Å². The molecule has 1 aromatic carbocycles. The van der Waals surface area contributed by atoms with Gasteiger partial charge in [-0.25, -0.2) is 0 Å². The molecule has 6 rings (SSSR count). The van der Waals surface area contributed by atoms with Gasteiger partial charge in [-0.2, -0.15) is 0 Å². The summed E-state index contributed by atoms with van der Waals surface area (Å²) < 4.78 is 2.91. The minimum absolute atomic E-state index is 0.300. The van der Waals surface area contributed by atoms with E-state index in [0.717, 1.165) is 28.2 Å². The zero-order chi connectivity index (χ0) is 31.1. The SMILES string of the molecule is C1=CC(C[PH+](C2CCCCC2)C2CCCCC2)[N-]C(C[PH+](C2CCCCC2)C2CCCCC2)=C1.[Cl][Ru]([Cl])=[C]=Cc1ccccc1. The summed E-state index contributed by atoms with van der Waals surface area (Å²) in [5.41, 5.74) is 7.00. The summed E-state index contributed by atoms with van der Waals surface area (Å²) in [5, 5.41) is 5.57. The van der Waals surface area contributed by atoms with E-state index in [4.69, 9.17) is 24.7 Å². The predicted octanol–water partition coefficient (Wildman–Crippen LogP) is 13.0. The number of allylic oxidation sites excluding steroid dienone is 3. The van der Waals surface area contributed by atoms with Crippen molar-refractivity contribution in [2.45, 2.75) is 157 Å². The maximum atomic E-state index is 5.59. The molecule has 0 N–H and O–H groups in total. The van der Waals surface area contributed by atoms with Crippen LogP contribution in [-0.4, -0.2) is 45.3 Å². The molecule has 1 unspecified atom stereocenters. The van der Waals surface area contributed by atoms with Crippen LogP contribution in [0.4, 0.5) is 0 Å². The van der Waals surface area contributed by atoms with E-state index in [9.17, 15) is 0 Å². The van der Waals surface area contributed by atoms with E-state index in [1.807, 2.05) is 36.4 Å². The van der Waals surface area contributed by atoms with Crippen LogP contribution < -0.4 is 0 Å². The van der Waals surface area contributed by atoms with Gasteiger partial charge in [0.05, 0.1) is 28.8 Å². The second kappa shape index (κ2) is 20.7. The van der Waals surface area contributed by atoms with Crippen LogP contribution in [-0.2, 0) is 13.5 Å². The van der Waals surface area contributed by atoms with Gasteiger partial charge in [-0.15, -0.1) is 5.70 Å². The van der Waals surface area contributed by atoms with Gasteiger partial charge in [0.25, 0.3) is 0 Å². The molecule has 4 fully saturated rings. The number of hydrogen-bond acceptors (Lipinski definition) is 0. The second-order valence-electron chi connectivity index (χ2n) is 14.5. The van der Waals surface area contributed by atoms with Crippen molar-refractivity contribution in [3.05, 3.63) is 65.1 Å². The van der Waals surface area contributed by atoms with Gasteiger partial charge >= 0.3 is 79.1 Å². The molecule has 1 nitrogen and oxygen atoms in total. The summed E-state index contributed by atoms with van der Waals surface area (Å²) in [5.74, 6) is 0. The number of nitrogens with zero attached hydrogens (tertiary/aromatic N) is 1. The first-order valence-electron chi connectivity index (χ1n) is 18.6. The Balaban J connectivity index is 0.000000309. The third kappa shape index (κ3) is 12.6. The molecule has 0 bridgehead atoms. The number of hydrogen-bond donors (Lipinski definition) is 0. The average Bonchev–Trinajstić information content (AvgIpc) is 3.11. The summed E-state index contributed by atoms with van der Waals surface area (Å²) in [6, 6.07) is 10.4. The summed E-state index contributed by atoms with van der Waals surface area (Å²) >= 11 is -1.74. The molecule has 1 aliphatic heterocycles. The Hall–Kier alpha value is 0.213. The van der Waals surface area contributed by atoms with E-state index >= 15 is 0 Å². The molecule has 1 heterocycles. The van der Waals surface area contributed by atoms with Crippen molar-refractivity contribution in [3.8, 4) is 0 Å². The second-order valence-corrected chi connectivity index (χ2v) is 26.2. The maximum absolute atomic E-state index is 5.59. The van der Waals surface area contributed by atoms with Gasteiger partial charge in [-0.05, 0) is 103 Å². The molecule has 252 valence electrons. The molecule has 4 aliphatic carbocycles. The van der Waals surface area contributed by atoms with Crippen molar-refractivity contribution in [1.82, 2.24) is 0 Å². The van der Waals surface area contributed by atoms with Crippen LogP contribution in [0.3, 0.4) is 0 Å². The van der Waals surface area contributed by atoms with E-state index in [2.05, 4.69) is 22.5 Å². The van der Waals surface area contributed by atoms with Crippen molar-refractivity contribution < 1.29 is 13.5 Å². The zero-order valence-electron chi connectivity index (χ0n) is 27.7. The van der Waals surface area contributed by atoms with Crippen LogP contribution in [0, 0.1) is 0 Å². The fourth-order valence-corrected chi connectivity index (χ4v) is 18.5. The van der Waals surface area contributed by atoms with Crippen LogP contribution in [0.5, 0.6) is 0 Å². The Morgan fingerprint density at radius 1 is 0.667 bits per heavy atom. The van der Waals surface area contributed by atoms with E-state index in [1.54, 1.807) is 51.4 Å². The number of halogens is 2. The fraction of sp³-hybridized carbons (Fsp3) is 0.692. The molecule has 1 atom stereocenters. The van der Waals surface area contributed by atoms with Gasteiger partial charge in [0, 0.05) is 22.0 Å². The minimum atomic E-state index is -1.74. The van der Waals surface area contributed by atoms with E-state index < -0.39 is 13.5 Å². The number of rotatable bonds is 9. The zero-order valence-corrected chi connectivity index (χ0v) is 32.9.